The SMILES string of the molecule is CCCC(NC)C(CC)S(=O)(=O)C(C)C. The number of sulfone groups is 1. The molecule has 92 valence electrons. The fraction of sp³-hybridized carbons (Fsp3) is 1.00. The molecule has 0 aliphatic heterocycles. The minimum Gasteiger partial charge on any atom is -0.316 e. The van der Waals surface area contributed by atoms with E-state index in [0.29, 0.717) is 6.42 Å². The summed E-state index contributed by atoms with van der Waals surface area (Å²) in [4.78, 5) is 0. The summed E-state index contributed by atoms with van der Waals surface area (Å²) in [7, 11) is -1.14. The normalized spacial score (nSPS) is 16.7. The summed E-state index contributed by atoms with van der Waals surface area (Å²) in [6, 6.07) is 0.0902. The molecule has 1 N–H and O–H groups in total. The van der Waals surface area contributed by atoms with E-state index in [2.05, 4.69) is 12.2 Å². The molecule has 0 fully saturated rings. The third-order valence-corrected chi connectivity index (χ3v) is 5.72. The Kier molecular flexibility index (Phi) is 6.44. The van der Waals surface area contributed by atoms with Gasteiger partial charge < -0.3 is 5.32 Å². The van der Waals surface area contributed by atoms with Gasteiger partial charge in [0.2, 0.25) is 0 Å². The molecule has 0 amide bonds. The lowest BCUT2D eigenvalue weighted by Gasteiger charge is -2.27. The van der Waals surface area contributed by atoms with Crippen LogP contribution in [0.4, 0.5) is 0 Å². The molecule has 0 saturated carbocycles. The molecule has 0 heterocycles. The smallest absolute Gasteiger partial charge is 0.156 e. The predicted molar refractivity (Wildman–Crippen MR) is 65.9 cm³/mol. The molecule has 2 atom stereocenters. The zero-order chi connectivity index (χ0) is 12.1. The number of nitrogens with one attached hydrogen (secondary N) is 1. The first kappa shape index (κ1) is 14.9. The predicted octanol–water partition coefficient (Wildman–Crippen LogP) is 1.98. The highest BCUT2D eigenvalue weighted by Crippen LogP contribution is 2.19. The lowest BCUT2D eigenvalue weighted by atomic mass is 10.1. The Labute approximate surface area is 94.6 Å². The van der Waals surface area contributed by atoms with Gasteiger partial charge in [-0.2, -0.15) is 0 Å². The van der Waals surface area contributed by atoms with Crippen LogP contribution >= 0.6 is 0 Å². The van der Waals surface area contributed by atoms with E-state index in [1.165, 1.54) is 0 Å². The van der Waals surface area contributed by atoms with Gasteiger partial charge in [-0.15, -0.1) is 0 Å². The Balaban J connectivity index is 4.88. The van der Waals surface area contributed by atoms with E-state index in [4.69, 9.17) is 0 Å². The van der Waals surface area contributed by atoms with Crippen molar-refractivity contribution in [2.45, 2.75) is 63.5 Å². The molecule has 0 aliphatic carbocycles. The van der Waals surface area contributed by atoms with Gasteiger partial charge in [0.1, 0.15) is 0 Å². The fourth-order valence-corrected chi connectivity index (χ4v) is 3.82. The maximum Gasteiger partial charge on any atom is 0.156 e. The number of rotatable bonds is 7. The third-order valence-electron chi connectivity index (χ3n) is 2.90. The van der Waals surface area contributed by atoms with Crippen LogP contribution in [0.15, 0.2) is 0 Å². The highest BCUT2D eigenvalue weighted by molar-refractivity contribution is 7.92. The fourth-order valence-electron chi connectivity index (χ4n) is 1.92. The second kappa shape index (κ2) is 6.48. The van der Waals surface area contributed by atoms with Crippen LogP contribution in [0.25, 0.3) is 0 Å². The second-order valence-electron chi connectivity index (χ2n) is 4.27. The van der Waals surface area contributed by atoms with Crippen LogP contribution in [0.1, 0.15) is 47.0 Å². The Morgan fingerprint density at radius 2 is 1.73 bits per heavy atom. The third kappa shape index (κ3) is 3.76. The quantitative estimate of drug-likeness (QED) is 0.734. The highest BCUT2D eigenvalue weighted by Gasteiger charge is 2.32. The van der Waals surface area contributed by atoms with Gasteiger partial charge in [-0.3, -0.25) is 0 Å². The van der Waals surface area contributed by atoms with Crippen molar-refractivity contribution in [1.29, 1.82) is 0 Å². The van der Waals surface area contributed by atoms with Gasteiger partial charge in [0.25, 0.3) is 0 Å². The summed E-state index contributed by atoms with van der Waals surface area (Å²) in [5.41, 5.74) is 0. The average molecular weight is 235 g/mol. The molecular weight excluding hydrogens is 210 g/mol. The standard InChI is InChI=1S/C11H25NO2S/c1-6-8-10(12-5)11(7-2)15(13,14)9(3)4/h9-12H,6-8H2,1-5H3. The first-order valence-electron chi connectivity index (χ1n) is 5.81. The molecular formula is C11H25NO2S. The van der Waals surface area contributed by atoms with E-state index in [9.17, 15) is 8.42 Å². The summed E-state index contributed by atoms with van der Waals surface area (Å²) in [6.07, 6.45) is 2.61. The van der Waals surface area contributed by atoms with Gasteiger partial charge in [0, 0.05) is 6.04 Å². The molecule has 0 aliphatic rings. The molecule has 0 bridgehead atoms. The van der Waals surface area contributed by atoms with Crippen molar-refractivity contribution in [3.8, 4) is 0 Å². The van der Waals surface area contributed by atoms with Crippen LogP contribution in [-0.4, -0.2) is 32.0 Å². The Bertz CT molecular complexity index is 260. The molecule has 0 saturated heterocycles. The van der Waals surface area contributed by atoms with E-state index in [1.54, 1.807) is 13.8 Å². The van der Waals surface area contributed by atoms with Gasteiger partial charge in [-0.1, -0.05) is 20.3 Å². The highest BCUT2D eigenvalue weighted by atomic mass is 32.2. The minimum atomic E-state index is -2.99. The molecule has 0 rings (SSSR count). The monoisotopic (exact) mass is 235 g/mol. The Morgan fingerprint density at radius 3 is 2.00 bits per heavy atom. The molecule has 0 aromatic heterocycles. The molecule has 3 nitrogen and oxygen atoms in total. The topological polar surface area (TPSA) is 46.2 Å². The molecule has 4 heteroatoms. The number of hydrogen-bond donors (Lipinski definition) is 1. The zero-order valence-corrected chi connectivity index (χ0v) is 11.4. The van der Waals surface area contributed by atoms with Crippen LogP contribution in [0.2, 0.25) is 0 Å². The second-order valence-corrected chi connectivity index (χ2v) is 6.99. The van der Waals surface area contributed by atoms with Gasteiger partial charge in [-0.05, 0) is 33.7 Å². The van der Waals surface area contributed by atoms with Crippen molar-refractivity contribution in [1.82, 2.24) is 5.32 Å². The largest absolute Gasteiger partial charge is 0.316 e. The van der Waals surface area contributed by atoms with Crippen molar-refractivity contribution in [2.24, 2.45) is 0 Å². The summed E-state index contributed by atoms with van der Waals surface area (Å²) < 4.78 is 24.2. The van der Waals surface area contributed by atoms with Gasteiger partial charge in [0.05, 0.1) is 10.5 Å². The van der Waals surface area contributed by atoms with Crippen LogP contribution in [0.3, 0.4) is 0 Å². The first-order valence-corrected chi connectivity index (χ1v) is 7.42. The number of hydrogen-bond acceptors (Lipinski definition) is 3. The lowest BCUT2D eigenvalue weighted by molar-refractivity contribution is 0.461. The molecule has 0 aromatic carbocycles. The van der Waals surface area contributed by atoms with E-state index in [1.807, 2.05) is 14.0 Å². The van der Waals surface area contributed by atoms with E-state index in [0.717, 1.165) is 12.8 Å². The van der Waals surface area contributed by atoms with Crippen LogP contribution in [0.5, 0.6) is 0 Å². The van der Waals surface area contributed by atoms with E-state index >= 15 is 0 Å². The van der Waals surface area contributed by atoms with Crippen LogP contribution in [0, 0.1) is 0 Å². The van der Waals surface area contributed by atoms with Crippen molar-refractivity contribution in [3.63, 3.8) is 0 Å². The van der Waals surface area contributed by atoms with Crippen molar-refractivity contribution < 1.29 is 8.42 Å². The first-order chi connectivity index (χ1) is 6.91. The average Bonchev–Trinajstić information content (AvgIpc) is 2.17. The molecule has 2 unspecified atom stereocenters. The summed E-state index contributed by atoms with van der Waals surface area (Å²) in [5.74, 6) is 0. The molecule has 0 radical (unpaired) electrons. The molecule has 15 heavy (non-hydrogen) atoms. The Morgan fingerprint density at radius 1 is 1.20 bits per heavy atom. The lowest BCUT2D eigenvalue weighted by Crippen LogP contribution is -2.44. The summed E-state index contributed by atoms with van der Waals surface area (Å²) in [5, 5.41) is 2.61. The van der Waals surface area contributed by atoms with E-state index in [-0.39, 0.29) is 16.5 Å². The van der Waals surface area contributed by atoms with Gasteiger partial charge >= 0.3 is 0 Å². The molecule has 0 aromatic rings. The van der Waals surface area contributed by atoms with Crippen LogP contribution in [-0.2, 0) is 9.84 Å². The summed E-state index contributed by atoms with van der Waals surface area (Å²) in [6.45, 7) is 7.55. The minimum absolute atomic E-state index is 0.0902. The van der Waals surface area contributed by atoms with Crippen molar-refractivity contribution >= 4 is 9.84 Å². The molecule has 0 spiro atoms. The van der Waals surface area contributed by atoms with E-state index < -0.39 is 9.84 Å². The maximum absolute atomic E-state index is 12.1. The van der Waals surface area contributed by atoms with Crippen molar-refractivity contribution in [3.05, 3.63) is 0 Å². The summed E-state index contributed by atoms with van der Waals surface area (Å²) >= 11 is 0. The van der Waals surface area contributed by atoms with Crippen LogP contribution < -0.4 is 5.32 Å². The Hall–Kier alpha value is -0.0900. The van der Waals surface area contributed by atoms with Crippen molar-refractivity contribution in [2.75, 3.05) is 7.05 Å². The van der Waals surface area contributed by atoms with Gasteiger partial charge in [-0.25, -0.2) is 8.42 Å². The maximum atomic E-state index is 12.1. The van der Waals surface area contributed by atoms with Gasteiger partial charge in [0.15, 0.2) is 9.84 Å². The zero-order valence-electron chi connectivity index (χ0n) is 10.6.